The summed E-state index contributed by atoms with van der Waals surface area (Å²) in [7, 11) is 0. The van der Waals surface area contributed by atoms with Crippen molar-refractivity contribution in [3.05, 3.63) is 35.4 Å². The Labute approximate surface area is 87.3 Å². The van der Waals surface area contributed by atoms with Gasteiger partial charge in [0.15, 0.2) is 0 Å². The van der Waals surface area contributed by atoms with E-state index in [1.807, 2.05) is 0 Å². The van der Waals surface area contributed by atoms with Gasteiger partial charge in [-0.15, -0.1) is 0 Å². The molecule has 0 saturated heterocycles. The highest BCUT2D eigenvalue weighted by Gasteiger charge is 2.10. The second kappa shape index (κ2) is 5.16. The summed E-state index contributed by atoms with van der Waals surface area (Å²) >= 11 is 0. The Kier molecular flexibility index (Phi) is 4.15. The van der Waals surface area contributed by atoms with Gasteiger partial charge in [-0.1, -0.05) is 50.1 Å². The van der Waals surface area contributed by atoms with Crippen molar-refractivity contribution >= 4 is 0 Å². The predicted octanol–water partition coefficient (Wildman–Crippen LogP) is 2.91. The van der Waals surface area contributed by atoms with Crippen molar-refractivity contribution in [2.75, 3.05) is 0 Å². The summed E-state index contributed by atoms with van der Waals surface area (Å²) in [5, 5.41) is 0. The molecule has 0 aliphatic carbocycles. The van der Waals surface area contributed by atoms with Crippen LogP contribution in [-0.4, -0.2) is 6.04 Å². The monoisotopic (exact) mass is 191 g/mol. The van der Waals surface area contributed by atoms with Crippen LogP contribution in [0.3, 0.4) is 0 Å². The molecule has 78 valence electrons. The number of hydrogen-bond donors (Lipinski definition) is 1. The lowest BCUT2D eigenvalue weighted by Gasteiger charge is -2.18. The maximum Gasteiger partial charge on any atom is 0.0105 e. The third-order valence-electron chi connectivity index (χ3n) is 2.97. The highest BCUT2D eigenvalue weighted by molar-refractivity contribution is 5.22. The summed E-state index contributed by atoms with van der Waals surface area (Å²) in [6.45, 7) is 6.52. The molecule has 0 saturated carbocycles. The molecule has 2 unspecified atom stereocenters. The van der Waals surface area contributed by atoms with Crippen LogP contribution in [0.2, 0.25) is 0 Å². The molecule has 2 N–H and O–H groups in total. The van der Waals surface area contributed by atoms with Gasteiger partial charge in [-0.2, -0.15) is 0 Å². The molecule has 0 aromatic heterocycles. The van der Waals surface area contributed by atoms with Gasteiger partial charge in [0.05, 0.1) is 0 Å². The summed E-state index contributed by atoms with van der Waals surface area (Å²) in [5.74, 6) is 0.608. The molecule has 0 bridgehead atoms. The third-order valence-corrected chi connectivity index (χ3v) is 2.97. The summed E-state index contributed by atoms with van der Waals surface area (Å²) in [6.07, 6.45) is 2.16. The van der Waals surface area contributed by atoms with E-state index in [0.717, 1.165) is 12.8 Å². The van der Waals surface area contributed by atoms with Crippen LogP contribution in [-0.2, 0) is 6.42 Å². The minimum absolute atomic E-state index is 0.294. The minimum atomic E-state index is 0.294. The molecule has 0 amide bonds. The van der Waals surface area contributed by atoms with E-state index in [0.29, 0.717) is 12.0 Å². The van der Waals surface area contributed by atoms with E-state index in [9.17, 15) is 0 Å². The van der Waals surface area contributed by atoms with Gasteiger partial charge >= 0.3 is 0 Å². The maximum absolute atomic E-state index is 6.10. The van der Waals surface area contributed by atoms with Crippen molar-refractivity contribution in [2.24, 2.45) is 11.7 Å². The normalized spacial score (nSPS) is 15.1. The smallest absolute Gasteiger partial charge is 0.0105 e. The Balaban J connectivity index is 2.56. The molecule has 0 aliphatic rings. The van der Waals surface area contributed by atoms with E-state index >= 15 is 0 Å². The predicted molar refractivity (Wildman–Crippen MR) is 62.3 cm³/mol. The van der Waals surface area contributed by atoms with Gasteiger partial charge in [-0.05, 0) is 24.8 Å². The van der Waals surface area contributed by atoms with E-state index in [-0.39, 0.29) is 0 Å². The first kappa shape index (κ1) is 11.3. The summed E-state index contributed by atoms with van der Waals surface area (Å²) < 4.78 is 0. The summed E-state index contributed by atoms with van der Waals surface area (Å²) in [6, 6.07) is 8.95. The number of hydrogen-bond acceptors (Lipinski definition) is 1. The largest absolute Gasteiger partial charge is 0.327 e. The van der Waals surface area contributed by atoms with Crippen LogP contribution in [0.5, 0.6) is 0 Å². The Morgan fingerprint density at radius 1 is 1.21 bits per heavy atom. The number of benzene rings is 1. The maximum atomic E-state index is 6.10. The SMILES string of the molecule is CCC(C)C(N)Cc1ccc(C)cc1. The molecule has 0 radical (unpaired) electrons. The molecule has 1 rings (SSSR count). The van der Waals surface area contributed by atoms with Crippen molar-refractivity contribution in [1.29, 1.82) is 0 Å². The Bertz CT molecular complexity index is 263. The topological polar surface area (TPSA) is 26.0 Å². The molecule has 2 atom stereocenters. The Morgan fingerprint density at radius 3 is 2.29 bits per heavy atom. The first-order valence-corrected chi connectivity index (χ1v) is 5.44. The third kappa shape index (κ3) is 3.15. The van der Waals surface area contributed by atoms with Gasteiger partial charge in [0, 0.05) is 6.04 Å². The first-order chi connectivity index (χ1) is 6.63. The number of rotatable bonds is 4. The molecule has 1 aromatic carbocycles. The lowest BCUT2D eigenvalue weighted by atomic mass is 9.94. The lowest BCUT2D eigenvalue weighted by molar-refractivity contribution is 0.440. The zero-order chi connectivity index (χ0) is 10.6. The van der Waals surface area contributed by atoms with Crippen molar-refractivity contribution in [2.45, 2.75) is 39.7 Å². The molecule has 0 aliphatic heterocycles. The molecule has 1 heteroatoms. The van der Waals surface area contributed by atoms with Crippen molar-refractivity contribution in [3.63, 3.8) is 0 Å². The van der Waals surface area contributed by atoms with Gasteiger partial charge in [0.2, 0.25) is 0 Å². The van der Waals surface area contributed by atoms with Crippen molar-refractivity contribution in [3.8, 4) is 0 Å². The fraction of sp³-hybridized carbons (Fsp3) is 0.538. The van der Waals surface area contributed by atoms with Crippen LogP contribution in [0, 0.1) is 12.8 Å². The van der Waals surface area contributed by atoms with Gasteiger partial charge in [0.25, 0.3) is 0 Å². The van der Waals surface area contributed by atoms with Crippen molar-refractivity contribution < 1.29 is 0 Å². The fourth-order valence-electron chi connectivity index (χ4n) is 1.50. The van der Waals surface area contributed by atoms with Gasteiger partial charge in [0.1, 0.15) is 0 Å². The quantitative estimate of drug-likeness (QED) is 0.778. The van der Waals surface area contributed by atoms with Gasteiger partial charge in [-0.3, -0.25) is 0 Å². The molecule has 1 aromatic rings. The highest BCUT2D eigenvalue weighted by Crippen LogP contribution is 2.12. The van der Waals surface area contributed by atoms with Crippen LogP contribution in [0.15, 0.2) is 24.3 Å². The van der Waals surface area contributed by atoms with E-state index in [1.54, 1.807) is 0 Å². The van der Waals surface area contributed by atoms with Crippen LogP contribution in [0.25, 0.3) is 0 Å². The summed E-state index contributed by atoms with van der Waals surface area (Å²) in [4.78, 5) is 0. The molecule has 0 heterocycles. The summed E-state index contributed by atoms with van der Waals surface area (Å²) in [5.41, 5.74) is 8.76. The minimum Gasteiger partial charge on any atom is -0.327 e. The van der Waals surface area contributed by atoms with E-state index in [1.165, 1.54) is 11.1 Å². The molecule has 14 heavy (non-hydrogen) atoms. The molecule has 0 fully saturated rings. The average molecular weight is 191 g/mol. The van der Waals surface area contributed by atoms with Crippen LogP contribution >= 0.6 is 0 Å². The van der Waals surface area contributed by atoms with E-state index in [4.69, 9.17) is 5.73 Å². The molecular formula is C13H21N. The number of nitrogens with two attached hydrogens (primary N) is 1. The molecular weight excluding hydrogens is 170 g/mol. The zero-order valence-electron chi connectivity index (χ0n) is 9.46. The van der Waals surface area contributed by atoms with Crippen LogP contribution in [0.4, 0.5) is 0 Å². The molecule has 1 nitrogen and oxygen atoms in total. The molecule has 0 spiro atoms. The number of aryl methyl sites for hydroxylation is 1. The fourth-order valence-corrected chi connectivity index (χ4v) is 1.50. The average Bonchev–Trinajstić information content (AvgIpc) is 2.20. The second-order valence-corrected chi connectivity index (χ2v) is 4.24. The zero-order valence-corrected chi connectivity index (χ0v) is 9.46. The van der Waals surface area contributed by atoms with E-state index < -0.39 is 0 Å². The second-order valence-electron chi connectivity index (χ2n) is 4.24. The Hall–Kier alpha value is -0.820. The highest BCUT2D eigenvalue weighted by atomic mass is 14.6. The standard InChI is InChI=1S/C13H21N/c1-4-11(3)13(14)9-12-7-5-10(2)6-8-12/h5-8,11,13H,4,9,14H2,1-3H3. The van der Waals surface area contributed by atoms with Gasteiger partial charge < -0.3 is 5.73 Å². The van der Waals surface area contributed by atoms with E-state index in [2.05, 4.69) is 45.0 Å². The Morgan fingerprint density at radius 2 is 1.79 bits per heavy atom. The first-order valence-electron chi connectivity index (χ1n) is 5.44. The van der Waals surface area contributed by atoms with Crippen molar-refractivity contribution in [1.82, 2.24) is 0 Å². The lowest BCUT2D eigenvalue weighted by Crippen LogP contribution is -2.30. The van der Waals surface area contributed by atoms with Crippen LogP contribution in [0.1, 0.15) is 31.4 Å². The van der Waals surface area contributed by atoms with Gasteiger partial charge in [-0.25, -0.2) is 0 Å². The van der Waals surface area contributed by atoms with Crippen LogP contribution < -0.4 is 5.73 Å².